The molecule has 0 bridgehead atoms. The maximum atomic E-state index is 11.9. The molecule has 0 aromatic rings. The van der Waals surface area contributed by atoms with Gasteiger partial charge in [0.15, 0.2) is 0 Å². The van der Waals surface area contributed by atoms with E-state index in [9.17, 15) is 4.79 Å². The summed E-state index contributed by atoms with van der Waals surface area (Å²) < 4.78 is 5.45. The quantitative estimate of drug-likeness (QED) is 0.753. The third-order valence-corrected chi connectivity index (χ3v) is 4.12. The molecule has 1 aliphatic carbocycles. The molecular formula is C14H27NO2. The topological polar surface area (TPSA) is 52.3 Å². The Labute approximate surface area is 105 Å². The Morgan fingerprint density at radius 3 is 2.29 bits per heavy atom. The van der Waals surface area contributed by atoms with Crippen molar-refractivity contribution in [1.29, 1.82) is 0 Å². The van der Waals surface area contributed by atoms with Crippen LogP contribution in [0.3, 0.4) is 0 Å². The van der Waals surface area contributed by atoms with E-state index in [1.807, 2.05) is 6.92 Å². The number of carbonyl (C=O) groups is 1. The van der Waals surface area contributed by atoms with Gasteiger partial charge in [0.25, 0.3) is 0 Å². The molecule has 0 aliphatic heterocycles. The first-order chi connectivity index (χ1) is 7.99. The second kappa shape index (κ2) is 6.39. The fourth-order valence-electron chi connectivity index (χ4n) is 2.45. The van der Waals surface area contributed by atoms with Gasteiger partial charge in [0, 0.05) is 0 Å². The van der Waals surface area contributed by atoms with E-state index < -0.39 is 0 Å². The molecule has 1 aliphatic rings. The Hall–Kier alpha value is -0.570. The van der Waals surface area contributed by atoms with Gasteiger partial charge in [0.05, 0.1) is 6.42 Å². The summed E-state index contributed by atoms with van der Waals surface area (Å²) >= 11 is 0. The van der Waals surface area contributed by atoms with Gasteiger partial charge < -0.3 is 10.5 Å². The first-order valence-corrected chi connectivity index (χ1v) is 6.89. The molecule has 3 heteroatoms. The molecule has 1 fully saturated rings. The summed E-state index contributed by atoms with van der Waals surface area (Å²) in [7, 11) is 0. The van der Waals surface area contributed by atoms with E-state index in [4.69, 9.17) is 10.5 Å². The van der Waals surface area contributed by atoms with Gasteiger partial charge in [0.2, 0.25) is 0 Å². The molecule has 0 radical (unpaired) electrons. The Morgan fingerprint density at radius 2 is 1.82 bits per heavy atom. The van der Waals surface area contributed by atoms with Crippen LogP contribution >= 0.6 is 0 Å². The van der Waals surface area contributed by atoms with Crippen molar-refractivity contribution in [1.82, 2.24) is 0 Å². The number of rotatable bonds is 5. The zero-order chi connectivity index (χ0) is 12.9. The number of ether oxygens (including phenoxy) is 1. The van der Waals surface area contributed by atoms with E-state index >= 15 is 0 Å². The largest absolute Gasteiger partial charge is 0.462 e. The van der Waals surface area contributed by atoms with Crippen LogP contribution in [0, 0.1) is 11.3 Å². The van der Waals surface area contributed by atoms with Crippen molar-refractivity contribution in [2.45, 2.75) is 65.4 Å². The van der Waals surface area contributed by atoms with E-state index in [0.717, 1.165) is 12.8 Å². The molecule has 0 spiro atoms. The average Bonchev–Trinajstić information content (AvgIpc) is 2.29. The minimum absolute atomic E-state index is 0.000847. The van der Waals surface area contributed by atoms with Crippen molar-refractivity contribution in [3.8, 4) is 0 Å². The molecule has 0 saturated heterocycles. The Balaban J connectivity index is 2.47. The van der Waals surface area contributed by atoms with Crippen molar-refractivity contribution in [3.63, 3.8) is 0 Å². The number of esters is 1. The summed E-state index contributed by atoms with van der Waals surface area (Å²) in [5, 5.41) is 0. The number of nitrogens with two attached hydrogens (primary N) is 1. The normalized spacial score (nSPS) is 21.2. The number of hydrogen-bond acceptors (Lipinski definition) is 3. The lowest BCUT2D eigenvalue weighted by Gasteiger charge is -2.35. The van der Waals surface area contributed by atoms with Crippen LogP contribution in [-0.4, -0.2) is 18.6 Å². The van der Waals surface area contributed by atoms with Gasteiger partial charge in [-0.2, -0.15) is 0 Å². The highest BCUT2D eigenvalue weighted by molar-refractivity contribution is 5.70. The summed E-state index contributed by atoms with van der Waals surface area (Å²) in [6, 6.07) is 0. The van der Waals surface area contributed by atoms with Gasteiger partial charge >= 0.3 is 5.97 Å². The zero-order valence-corrected chi connectivity index (χ0v) is 11.5. The fourth-order valence-corrected chi connectivity index (χ4v) is 2.45. The molecule has 0 aromatic carbocycles. The molecule has 1 saturated carbocycles. The van der Waals surface area contributed by atoms with Crippen LogP contribution < -0.4 is 5.73 Å². The maximum Gasteiger partial charge on any atom is 0.306 e. The van der Waals surface area contributed by atoms with Gasteiger partial charge in [-0.3, -0.25) is 4.79 Å². The molecule has 3 nitrogen and oxygen atoms in total. The first-order valence-electron chi connectivity index (χ1n) is 6.89. The molecule has 1 rings (SSSR count). The lowest BCUT2D eigenvalue weighted by atomic mass is 9.72. The van der Waals surface area contributed by atoms with E-state index in [-0.39, 0.29) is 17.5 Å². The molecular weight excluding hydrogens is 214 g/mol. The van der Waals surface area contributed by atoms with Crippen LogP contribution in [0.5, 0.6) is 0 Å². The Bertz CT molecular complexity index is 245. The fraction of sp³-hybridized carbons (Fsp3) is 0.929. The molecule has 0 aromatic heterocycles. The van der Waals surface area contributed by atoms with Crippen LogP contribution in [0.15, 0.2) is 0 Å². The van der Waals surface area contributed by atoms with Crippen molar-refractivity contribution in [3.05, 3.63) is 0 Å². The molecule has 17 heavy (non-hydrogen) atoms. The Morgan fingerprint density at radius 1 is 1.24 bits per heavy atom. The third kappa shape index (κ3) is 4.30. The summed E-state index contributed by atoms with van der Waals surface area (Å²) in [5.41, 5.74) is 5.89. The van der Waals surface area contributed by atoms with E-state index in [1.165, 1.54) is 19.3 Å². The first kappa shape index (κ1) is 14.5. The zero-order valence-electron chi connectivity index (χ0n) is 11.5. The van der Waals surface area contributed by atoms with Gasteiger partial charge in [-0.1, -0.05) is 33.1 Å². The monoisotopic (exact) mass is 241 g/mol. The van der Waals surface area contributed by atoms with Crippen molar-refractivity contribution >= 4 is 5.97 Å². The van der Waals surface area contributed by atoms with Crippen LogP contribution in [0.1, 0.15) is 59.3 Å². The smallest absolute Gasteiger partial charge is 0.306 e. The highest BCUT2D eigenvalue weighted by Gasteiger charge is 2.34. The van der Waals surface area contributed by atoms with Crippen molar-refractivity contribution < 1.29 is 9.53 Å². The van der Waals surface area contributed by atoms with Gasteiger partial charge in [-0.15, -0.1) is 0 Å². The second-order valence-corrected chi connectivity index (χ2v) is 5.88. The van der Waals surface area contributed by atoms with Crippen LogP contribution in [0.25, 0.3) is 0 Å². The van der Waals surface area contributed by atoms with Crippen LogP contribution in [-0.2, 0) is 9.53 Å². The molecule has 100 valence electrons. The van der Waals surface area contributed by atoms with Crippen molar-refractivity contribution in [2.75, 3.05) is 6.54 Å². The number of carbonyl (C=O) groups excluding carboxylic acids is 1. The number of hydrogen-bond donors (Lipinski definition) is 1. The SMILES string of the molecule is CC(C)C(C)OC(=O)CC1(CN)CCCCC1. The van der Waals surface area contributed by atoms with Gasteiger partial charge in [-0.25, -0.2) is 0 Å². The second-order valence-electron chi connectivity index (χ2n) is 5.88. The summed E-state index contributed by atoms with van der Waals surface area (Å²) in [5.74, 6) is 0.303. The predicted octanol–water partition coefficient (Wildman–Crippen LogP) is 2.87. The maximum absolute atomic E-state index is 11.9. The standard InChI is InChI=1S/C14H27NO2/c1-11(2)12(3)17-13(16)9-14(10-15)7-5-4-6-8-14/h11-12H,4-10,15H2,1-3H3. The summed E-state index contributed by atoms with van der Waals surface area (Å²) in [4.78, 5) is 11.9. The molecule has 0 amide bonds. The third-order valence-electron chi connectivity index (χ3n) is 4.12. The highest BCUT2D eigenvalue weighted by atomic mass is 16.5. The Kier molecular flexibility index (Phi) is 5.44. The van der Waals surface area contributed by atoms with E-state index in [2.05, 4.69) is 13.8 Å². The molecule has 1 atom stereocenters. The lowest BCUT2D eigenvalue weighted by molar-refractivity contribution is -0.153. The highest BCUT2D eigenvalue weighted by Crippen LogP contribution is 2.38. The summed E-state index contributed by atoms with van der Waals surface area (Å²) in [6.45, 7) is 6.70. The lowest BCUT2D eigenvalue weighted by Crippen LogP contribution is -2.36. The van der Waals surface area contributed by atoms with Crippen LogP contribution in [0.2, 0.25) is 0 Å². The van der Waals surface area contributed by atoms with E-state index in [1.54, 1.807) is 0 Å². The minimum atomic E-state index is -0.0708. The van der Waals surface area contributed by atoms with Gasteiger partial charge in [-0.05, 0) is 37.6 Å². The average molecular weight is 241 g/mol. The molecule has 2 N–H and O–H groups in total. The molecule has 1 unspecified atom stereocenters. The summed E-state index contributed by atoms with van der Waals surface area (Å²) in [6.07, 6.45) is 6.33. The van der Waals surface area contributed by atoms with Gasteiger partial charge in [0.1, 0.15) is 6.10 Å². The van der Waals surface area contributed by atoms with Crippen molar-refractivity contribution in [2.24, 2.45) is 17.1 Å². The van der Waals surface area contributed by atoms with E-state index in [0.29, 0.717) is 18.9 Å². The van der Waals surface area contributed by atoms with Crippen LogP contribution in [0.4, 0.5) is 0 Å². The molecule has 0 heterocycles. The minimum Gasteiger partial charge on any atom is -0.462 e. The predicted molar refractivity (Wildman–Crippen MR) is 69.6 cm³/mol.